The van der Waals surface area contributed by atoms with Gasteiger partial charge in [-0.25, -0.2) is 4.98 Å². The molecule has 0 atom stereocenters. The molecular weight excluding hydrogens is 360 g/mol. The Balaban J connectivity index is 1.19. The predicted octanol–water partition coefficient (Wildman–Crippen LogP) is 3.49. The van der Waals surface area contributed by atoms with Gasteiger partial charge in [-0.05, 0) is 44.2 Å². The van der Waals surface area contributed by atoms with E-state index in [4.69, 9.17) is 0 Å². The molecule has 0 aliphatic carbocycles. The molecule has 4 rings (SSSR count). The molecule has 2 heterocycles. The van der Waals surface area contributed by atoms with Gasteiger partial charge in [-0.1, -0.05) is 42.0 Å². The molecule has 1 fully saturated rings. The van der Waals surface area contributed by atoms with E-state index in [1.54, 1.807) is 6.07 Å². The van der Waals surface area contributed by atoms with E-state index in [9.17, 15) is 4.79 Å². The SMILES string of the molecule is Cc1ccc(N2CCN(CCCNC(=O)c3ccc4ccccc4n3)CC2)cc1. The molecule has 0 unspecified atom stereocenters. The van der Waals surface area contributed by atoms with Crippen LogP contribution < -0.4 is 10.2 Å². The third-order valence-corrected chi connectivity index (χ3v) is 5.54. The van der Waals surface area contributed by atoms with E-state index in [-0.39, 0.29) is 5.91 Å². The number of pyridine rings is 1. The van der Waals surface area contributed by atoms with E-state index in [1.165, 1.54) is 11.3 Å². The minimum atomic E-state index is -0.0973. The third kappa shape index (κ3) is 4.93. The van der Waals surface area contributed by atoms with Gasteiger partial charge in [0.1, 0.15) is 5.69 Å². The van der Waals surface area contributed by atoms with Crippen LogP contribution >= 0.6 is 0 Å². The van der Waals surface area contributed by atoms with Crippen molar-refractivity contribution >= 4 is 22.5 Å². The number of anilines is 1. The lowest BCUT2D eigenvalue weighted by Gasteiger charge is -2.36. The van der Waals surface area contributed by atoms with E-state index in [0.717, 1.165) is 50.0 Å². The molecule has 1 amide bonds. The van der Waals surface area contributed by atoms with Crippen molar-refractivity contribution in [3.8, 4) is 0 Å². The summed E-state index contributed by atoms with van der Waals surface area (Å²) < 4.78 is 0. The number of nitrogens with one attached hydrogen (secondary N) is 1. The van der Waals surface area contributed by atoms with Crippen LogP contribution in [0.4, 0.5) is 5.69 Å². The molecule has 5 heteroatoms. The highest BCUT2D eigenvalue weighted by Crippen LogP contribution is 2.17. The normalized spacial score (nSPS) is 14.9. The maximum absolute atomic E-state index is 12.4. The highest BCUT2D eigenvalue weighted by Gasteiger charge is 2.17. The lowest BCUT2D eigenvalue weighted by molar-refractivity contribution is 0.0947. The molecule has 5 nitrogen and oxygen atoms in total. The standard InChI is InChI=1S/C24H28N4O/c1-19-7-10-21(11-8-19)28-17-15-27(16-18-28)14-4-13-25-24(29)23-12-9-20-5-2-3-6-22(20)26-23/h2-3,5-12H,4,13-18H2,1H3,(H,25,29). The Morgan fingerprint density at radius 2 is 1.72 bits per heavy atom. The topological polar surface area (TPSA) is 48.5 Å². The molecule has 0 spiro atoms. The first-order valence-corrected chi connectivity index (χ1v) is 10.4. The predicted molar refractivity (Wildman–Crippen MR) is 119 cm³/mol. The van der Waals surface area contributed by atoms with Crippen LogP contribution in [0.15, 0.2) is 60.7 Å². The molecular formula is C24H28N4O. The highest BCUT2D eigenvalue weighted by atomic mass is 16.1. The summed E-state index contributed by atoms with van der Waals surface area (Å²) in [5, 5.41) is 4.05. The van der Waals surface area contributed by atoms with Gasteiger partial charge in [-0.3, -0.25) is 9.69 Å². The van der Waals surface area contributed by atoms with Crippen LogP contribution in [-0.2, 0) is 0 Å². The van der Waals surface area contributed by atoms with Gasteiger partial charge < -0.3 is 10.2 Å². The van der Waals surface area contributed by atoms with Crippen LogP contribution in [0.25, 0.3) is 10.9 Å². The van der Waals surface area contributed by atoms with Crippen molar-refractivity contribution in [2.75, 3.05) is 44.2 Å². The number of carbonyl (C=O) groups is 1. The van der Waals surface area contributed by atoms with Gasteiger partial charge in [-0.15, -0.1) is 0 Å². The summed E-state index contributed by atoms with van der Waals surface area (Å²) >= 11 is 0. The zero-order valence-corrected chi connectivity index (χ0v) is 17.0. The largest absolute Gasteiger partial charge is 0.369 e. The van der Waals surface area contributed by atoms with Gasteiger partial charge in [0.2, 0.25) is 0 Å². The minimum Gasteiger partial charge on any atom is -0.369 e. The average Bonchev–Trinajstić information content (AvgIpc) is 2.77. The van der Waals surface area contributed by atoms with Crippen molar-refractivity contribution < 1.29 is 4.79 Å². The van der Waals surface area contributed by atoms with Crippen LogP contribution in [-0.4, -0.2) is 55.1 Å². The van der Waals surface area contributed by atoms with E-state index in [2.05, 4.69) is 51.3 Å². The lowest BCUT2D eigenvalue weighted by atomic mass is 10.2. The number of hydrogen-bond acceptors (Lipinski definition) is 4. The number of rotatable bonds is 6. The summed E-state index contributed by atoms with van der Waals surface area (Å²) in [5.74, 6) is -0.0973. The molecule has 0 radical (unpaired) electrons. The van der Waals surface area contributed by atoms with Crippen LogP contribution in [0, 0.1) is 6.92 Å². The zero-order valence-electron chi connectivity index (χ0n) is 17.0. The first-order chi connectivity index (χ1) is 14.2. The molecule has 29 heavy (non-hydrogen) atoms. The van der Waals surface area contributed by atoms with Crippen molar-refractivity contribution in [2.24, 2.45) is 0 Å². The van der Waals surface area contributed by atoms with Crippen LogP contribution in [0.2, 0.25) is 0 Å². The number of para-hydroxylation sites is 1. The number of fused-ring (bicyclic) bond motifs is 1. The smallest absolute Gasteiger partial charge is 0.269 e. The first kappa shape index (κ1) is 19.4. The van der Waals surface area contributed by atoms with Crippen molar-refractivity contribution in [1.82, 2.24) is 15.2 Å². The summed E-state index contributed by atoms with van der Waals surface area (Å²) in [7, 11) is 0. The molecule has 1 N–H and O–H groups in total. The molecule has 1 aliphatic rings. The second-order valence-corrected chi connectivity index (χ2v) is 7.66. The average molecular weight is 389 g/mol. The summed E-state index contributed by atoms with van der Waals surface area (Å²) in [4.78, 5) is 21.8. The third-order valence-electron chi connectivity index (χ3n) is 5.54. The number of aryl methyl sites for hydroxylation is 1. The molecule has 0 saturated carbocycles. The van der Waals surface area contributed by atoms with Gasteiger partial charge in [0.05, 0.1) is 5.52 Å². The number of benzene rings is 2. The number of piperazine rings is 1. The Morgan fingerprint density at radius 3 is 2.52 bits per heavy atom. The lowest BCUT2D eigenvalue weighted by Crippen LogP contribution is -2.47. The highest BCUT2D eigenvalue weighted by molar-refractivity contribution is 5.94. The summed E-state index contributed by atoms with van der Waals surface area (Å²) in [6.45, 7) is 8.03. The molecule has 1 aromatic heterocycles. The van der Waals surface area contributed by atoms with E-state index < -0.39 is 0 Å². The van der Waals surface area contributed by atoms with Crippen LogP contribution in [0.1, 0.15) is 22.5 Å². The quantitative estimate of drug-likeness (QED) is 0.657. The fourth-order valence-corrected chi connectivity index (χ4v) is 3.77. The van der Waals surface area contributed by atoms with Gasteiger partial charge in [0.25, 0.3) is 5.91 Å². The van der Waals surface area contributed by atoms with E-state index in [0.29, 0.717) is 12.2 Å². The fraction of sp³-hybridized carbons (Fsp3) is 0.333. The minimum absolute atomic E-state index is 0.0973. The molecule has 2 aromatic carbocycles. The number of hydrogen-bond donors (Lipinski definition) is 1. The first-order valence-electron chi connectivity index (χ1n) is 10.4. The molecule has 1 saturated heterocycles. The monoisotopic (exact) mass is 388 g/mol. The molecule has 1 aliphatic heterocycles. The van der Waals surface area contributed by atoms with Crippen molar-refractivity contribution in [2.45, 2.75) is 13.3 Å². The summed E-state index contributed by atoms with van der Waals surface area (Å²) in [6, 6.07) is 20.4. The Bertz CT molecular complexity index is 962. The second kappa shape index (κ2) is 9.05. The molecule has 3 aromatic rings. The van der Waals surface area contributed by atoms with Gasteiger partial charge in [-0.2, -0.15) is 0 Å². The number of aromatic nitrogens is 1. The number of amides is 1. The van der Waals surface area contributed by atoms with Crippen molar-refractivity contribution in [3.63, 3.8) is 0 Å². The molecule has 0 bridgehead atoms. The number of carbonyl (C=O) groups excluding carboxylic acids is 1. The Kier molecular flexibility index (Phi) is 6.06. The van der Waals surface area contributed by atoms with E-state index in [1.807, 2.05) is 30.3 Å². The summed E-state index contributed by atoms with van der Waals surface area (Å²) in [6.07, 6.45) is 0.948. The Labute approximate surface area is 172 Å². The zero-order chi connectivity index (χ0) is 20.1. The van der Waals surface area contributed by atoms with Gasteiger partial charge in [0.15, 0.2) is 0 Å². The van der Waals surface area contributed by atoms with Crippen molar-refractivity contribution in [3.05, 3.63) is 71.9 Å². The summed E-state index contributed by atoms with van der Waals surface area (Å²) in [5.41, 5.74) is 3.95. The number of nitrogens with zero attached hydrogens (tertiary/aromatic N) is 3. The maximum atomic E-state index is 12.4. The Hall–Kier alpha value is -2.92. The maximum Gasteiger partial charge on any atom is 0.269 e. The molecule has 150 valence electrons. The fourth-order valence-electron chi connectivity index (χ4n) is 3.77. The van der Waals surface area contributed by atoms with Gasteiger partial charge >= 0.3 is 0 Å². The van der Waals surface area contributed by atoms with Crippen LogP contribution in [0.5, 0.6) is 0 Å². The Morgan fingerprint density at radius 1 is 0.966 bits per heavy atom. The van der Waals surface area contributed by atoms with Crippen molar-refractivity contribution in [1.29, 1.82) is 0 Å². The van der Waals surface area contributed by atoms with Gasteiger partial charge in [0, 0.05) is 43.8 Å². The van der Waals surface area contributed by atoms with E-state index >= 15 is 0 Å². The van der Waals surface area contributed by atoms with Crippen LogP contribution in [0.3, 0.4) is 0 Å². The second-order valence-electron chi connectivity index (χ2n) is 7.66.